The van der Waals surface area contributed by atoms with E-state index >= 15 is 0 Å². The highest BCUT2D eigenvalue weighted by Crippen LogP contribution is 2.17. The lowest BCUT2D eigenvalue weighted by atomic mass is 10.1. The van der Waals surface area contributed by atoms with Gasteiger partial charge in [-0.1, -0.05) is 42.0 Å². The fourth-order valence-corrected chi connectivity index (χ4v) is 2.34. The number of nitrogens with two attached hydrogens (primary N) is 1. The molecule has 1 aromatic heterocycles. The molecule has 122 valence electrons. The molecule has 0 aliphatic carbocycles. The molecule has 0 fully saturated rings. The van der Waals surface area contributed by atoms with Crippen LogP contribution in [-0.2, 0) is 6.42 Å². The zero-order valence-electron chi connectivity index (χ0n) is 13.7. The smallest absolute Gasteiger partial charge is 0.280 e. The minimum Gasteiger partial charge on any atom is -0.382 e. The summed E-state index contributed by atoms with van der Waals surface area (Å²) in [7, 11) is 0. The predicted molar refractivity (Wildman–Crippen MR) is 94.3 cm³/mol. The van der Waals surface area contributed by atoms with Crippen LogP contribution in [0, 0.1) is 6.92 Å². The lowest BCUT2D eigenvalue weighted by Crippen LogP contribution is -2.15. The van der Waals surface area contributed by atoms with Gasteiger partial charge in [-0.2, -0.15) is 4.68 Å². The molecule has 3 N–H and O–H groups in total. The zero-order valence-corrected chi connectivity index (χ0v) is 13.7. The number of amides is 1. The van der Waals surface area contributed by atoms with Gasteiger partial charge in [-0.05, 0) is 43.2 Å². The second kappa shape index (κ2) is 6.54. The summed E-state index contributed by atoms with van der Waals surface area (Å²) >= 11 is 0. The van der Waals surface area contributed by atoms with Crippen LogP contribution in [0.5, 0.6) is 0 Å². The Labute approximate surface area is 140 Å². The Hall–Kier alpha value is -3.15. The lowest BCUT2D eigenvalue weighted by Gasteiger charge is -2.06. The van der Waals surface area contributed by atoms with Crippen LogP contribution in [0.3, 0.4) is 0 Å². The Bertz CT molecular complexity index is 850. The fraction of sp³-hybridized carbons (Fsp3) is 0.167. The van der Waals surface area contributed by atoms with Crippen molar-refractivity contribution in [2.75, 3.05) is 11.1 Å². The molecule has 6 nitrogen and oxygen atoms in total. The first-order valence-corrected chi connectivity index (χ1v) is 7.77. The second-order valence-electron chi connectivity index (χ2n) is 5.58. The highest BCUT2D eigenvalue weighted by atomic mass is 16.2. The Kier molecular flexibility index (Phi) is 4.29. The molecule has 6 heteroatoms. The van der Waals surface area contributed by atoms with Gasteiger partial charge in [0.25, 0.3) is 5.91 Å². The van der Waals surface area contributed by atoms with Gasteiger partial charge in [-0.25, -0.2) is 0 Å². The molecule has 0 saturated carbocycles. The molecule has 3 rings (SSSR count). The van der Waals surface area contributed by atoms with Crippen LogP contribution in [0.25, 0.3) is 5.69 Å². The van der Waals surface area contributed by atoms with E-state index in [4.69, 9.17) is 5.73 Å². The van der Waals surface area contributed by atoms with Gasteiger partial charge in [0, 0.05) is 5.69 Å². The topological polar surface area (TPSA) is 85.8 Å². The van der Waals surface area contributed by atoms with Crippen molar-refractivity contribution in [2.45, 2.75) is 20.3 Å². The van der Waals surface area contributed by atoms with E-state index in [1.807, 2.05) is 55.5 Å². The molecule has 2 aromatic carbocycles. The predicted octanol–water partition coefficient (Wildman–Crippen LogP) is 2.97. The van der Waals surface area contributed by atoms with E-state index in [-0.39, 0.29) is 17.4 Å². The van der Waals surface area contributed by atoms with Crippen LogP contribution in [0.15, 0.2) is 48.5 Å². The number of anilines is 2. The summed E-state index contributed by atoms with van der Waals surface area (Å²) in [5, 5.41) is 10.7. The zero-order chi connectivity index (χ0) is 17.1. The van der Waals surface area contributed by atoms with Crippen molar-refractivity contribution in [3.63, 3.8) is 0 Å². The minimum atomic E-state index is -0.380. The minimum absolute atomic E-state index is 0.107. The highest BCUT2D eigenvalue weighted by molar-refractivity contribution is 6.05. The third-order valence-electron chi connectivity index (χ3n) is 3.82. The molecule has 0 aliphatic rings. The van der Waals surface area contributed by atoms with Crippen LogP contribution < -0.4 is 11.1 Å². The van der Waals surface area contributed by atoms with E-state index < -0.39 is 0 Å². The van der Waals surface area contributed by atoms with Crippen molar-refractivity contribution in [1.82, 2.24) is 15.0 Å². The first-order valence-electron chi connectivity index (χ1n) is 7.77. The van der Waals surface area contributed by atoms with E-state index in [1.165, 1.54) is 10.2 Å². The van der Waals surface area contributed by atoms with E-state index in [9.17, 15) is 4.79 Å². The number of aryl methyl sites for hydroxylation is 2. The molecule has 0 aliphatic heterocycles. The van der Waals surface area contributed by atoms with Crippen LogP contribution in [0.1, 0.15) is 28.5 Å². The van der Waals surface area contributed by atoms with E-state index in [1.54, 1.807) is 0 Å². The molecule has 0 spiro atoms. The molecular weight excluding hydrogens is 302 g/mol. The number of nitrogens with one attached hydrogen (secondary N) is 1. The number of aromatic nitrogens is 3. The van der Waals surface area contributed by atoms with E-state index in [2.05, 4.69) is 22.6 Å². The van der Waals surface area contributed by atoms with Gasteiger partial charge in [0.05, 0.1) is 5.69 Å². The molecule has 0 unspecified atom stereocenters. The maximum absolute atomic E-state index is 12.4. The van der Waals surface area contributed by atoms with Crippen molar-refractivity contribution >= 4 is 17.4 Å². The number of hydrogen-bond donors (Lipinski definition) is 2. The maximum Gasteiger partial charge on any atom is 0.280 e. The lowest BCUT2D eigenvalue weighted by molar-refractivity contribution is 0.102. The number of hydrogen-bond acceptors (Lipinski definition) is 4. The van der Waals surface area contributed by atoms with Crippen molar-refractivity contribution in [2.24, 2.45) is 0 Å². The summed E-state index contributed by atoms with van der Waals surface area (Å²) < 4.78 is 1.45. The summed E-state index contributed by atoms with van der Waals surface area (Å²) in [6.07, 6.45) is 0.950. The Morgan fingerprint density at radius 3 is 2.42 bits per heavy atom. The number of carbonyl (C=O) groups excluding carboxylic acids is 1. The van der Waals surface area contributed by atoms with Crippen LogP contribution in [0.2, 0.25) is 0 Å². The molecule has 0 radical (unpaired) electrons. The first kappa shape index (κ1) is 15.7. The van der Waals surface area contributed by atoms with E-state index in [0.717, 1.165) is 17.7 Å². The number of benzene rings is 2. The monoisotopic (exact) mass is 321 g/mol. The number of nitrogen functional groups attached to an aromatic ring is 1. The van der Waals surface area contributed by atoms with Gasteiger partial charge in [0.15, 0.2) is 11.5 Å². The van der Waals surface area contributed by atoms with Crippen molar-refractivity contribution in [3.8, 4) is 5.69 Å². The highest BCUT2D eigenvalue weighted by Gasteiger charge is 2.18. The van der Waals surface area contributed by atoms with Gasteiger partial charge < -0.3 is 11.1 Å². The molecule has 3 aromatic rings. The third kappa shape index (κ3) is 3.12. The van der Waals surface area contributed by atoms with Crippen LogP contribution >= 0.6 is 0 Å². The van der Waals surface area contributed by atoms with E-state index in [0.29, 0.717) is 5.69 Å². The summed E-state index contributed by atoms with van der Waals surface area (Å²) in [6, 6.07) is 15.3. The SMILES string of the molecule is CCc1ccc(NC(=O)c2nnn(-c3ccc(C)cc3)c2N)cc1. The van der Waals surface area contributed by atoms with Crippen molar-refractivity contribution < 1.29 is 4.79 Å². The molecule has 24 heavy (non-hydrogen) atoms. The average molecular weight is 321 g/mol. The van der Waals surface area contributed by atoms with Crippen LogP contribution in [-0.4, -0.2) is 20.9 Å². The van der Waals surface area contributed by atoms with Gasteiger partial charge in [0.1, 0.15) is 0 Å². The van der Waals surface area contributed by atoms with Crippen molar-refractivity contribution in [3.05, 3.63) is 65.4 Å². The number of nitrogens with zero attached hydrogens (tertiary/aromatic N) is 3. The normalized spacial score (nSPS) is 10.6. The maximum atomic E-state index is 12.4. The Balaban J connectivity index is 1.81. The molecular formula is C18H19N5O. The van der Waals surface area contributed by atoms with Gasteiger partial charge in [-0.15, -0.1) is 5.10 Å². The largest absolute Gasteiger partial charge is 0.382 e. The molecule has 1 amide bonds. The van der Waals surface area contributed by atoms with Crippen LogP contribution in [0.4, 0.5) is 11.5 Å². The average Bonchev–Trinajstić information content (AvgIpc) is 2.98. The van der Waals surface area contributed by atoms with Crippen molar-refractivity contribution in [1.29, 1.82) is 0 Å². The fourth-order valence-electron chi connectivity index (χ4n) is 2.34. The first-order chi connectivity index (χ1) is 11.6. The third-order valence-corrected chi connectivity index (χ3v) is 3.82. The molecule has 0 atom stereocenters. The molecule has 1 heterocycles. The number of carbonyl (C=O) groups is 1. The summed E-state index contributed by atoms with van der Waals surface area (Å²) in [6.45, 7) is 4.08. The molecule has 0 saturated heterocycles. The number of rotatable bonds is 4. The Morgan fingerprint density at radius 2 is 1.79 bits per heavy atom. The standard InChI is InChI=1S/C18H19N5O/c1-3-13-6-8-14(9-7-13)20-18(24)16-17(19)23(22-21-16)15-10-4-12(2)5-11-15/h4-11H,3,19H2,1-2H3,(H,20,24). The summed E-state index contributed by atoms with van der Waals surface area (Å²) in [5.74, 6) is -0.170. The second-order valence-corrected chi connectivity index (χ2v) is 5.58. The summed E-state index contributed by atoms with van der Waals surface area (Å²) in [4.78, 5) is 12.4. The quantitative estimate of drug-likeness (QED) is 0.773. The summed E-state index contributed by atoms with van der Waals surface area (Å²) in [5.41, 5.74) is 9.95. The Morgan fingerprint density at radius 1 is 1.12 bits per heavy atom. The van der Waals surface area contributed by atoms with Gasteiger partial charge in [0.2, 0.25) is 0 Å². The molecule has 0 bridgehead atoms. The van der Waals surface area contributed by atoms with Gasteiger partial charge >= 0.3 is 0 Å². The van der Waals surface area contributed by atoms with Gasteiger partial charge in [-0.3, -0.25) is 4.79 Å².